The minimum atomic E-state index is -1.09. The van der Waals surface area contributed by atoms with E-state index in [0.29, 0.717) is 5.82 Å². The molecule has 1 rings (SSSR count). The predicted molar refractivity (Wildman–Crippen MR) is 53.5 cm³/mol. The van der Waals surface area contributed by atoms with Crippen molar-refractivity contribution >= 4 is 12.0 Å². The van der Waals surface area contributed by atoms with E-state index < -0.39 is 18.0 Å². The summed E-state index contributed by atoms with van der Waals surface area (Å²) >= 11 is 0. The van der Waals surface area contributed by atoms with Crippen LogP contribution in [0.1, 0.15) is 12.7 Å². The van der Waals surface area contributed by atoms with Gasteiger partial charge in [0.05, 0.1) is 6.54 Å². The van der Waals surface area contributed by atoms with Crippen molar-refractivity contribution in [2.24, 2.45) is 7.05 Å². The number of urea groups is 1. The number of nitrogens with one attached hydrogen (secondary N) is 2. The number of rotatable bonds is 4. The minimum absolute atomic E-state index is 0.189. The van der Waals surface area contributed by atoms with Gasteiger partial charge in [-0.15, -0.1) is 10.2 Å². The average Bonchev–Trinajstić information content (AvgIpc) is 2.61. The first-order valence-corrected chi connectivity index (χ1v) is 4.60. The molecule has 0 radical (unpaired) electrons. The van der Waals surface area contributed by atoms with E-state index in [0.717, 1.165) is 0 Å². The van der Waals surface area contributed by atoms with E-state index in [1.165, 1.54) is 13.3 Å². The number of nitrogens with zero attached hydrogens (tertiary/aromatic N) is 3. The topological polar surface area (TPSA) is 109 Å². The summed E-state index contributed by atoms with van der Waals surface area (Å²) in [5.41, 5.74) is 0. The highest BCUT2D eigenvalue weighted by Crippen LogP contribution is 1.90. The fraction of sp³-hybridized carbons (Fsp3) is 0.500. The second kappa shape index (κ2) is 5.10. The summed E-state index contributed by atoms with van der Waals surface area (Å²) in [5.74, 6) is -0.507. The molecule has 0 unspecified atom stereocenters. The first kappa shape index (κ1) is 12.0. The molecule has 0 aliphatic rings. The third kappa shape index (κ3) is 3.23. The highest BCUT2D eigenvalue weighted by molar-refractivity contribution is 5.81. The van der Waals surface area contributed by atoms with Gasteiger partial charge in [0.15, 0.2) is 5.82 Å². The Balaban J connectivity index is 2.36. The number of carboxylic acids is 1. The van der Waals surface area contributed by atoms with Gasteiger partial charge in [-0.3, -0.25) is 4.79 Å². The Bertz CT molecular complexity index is 389. The molecule has 0 fully saturated rings. The Morgan fingerprint density at radius 3 is 2.81 bits per heavy atom. The fourth-order valence-corrected chi connectivity index (χ4v) is 0.936. The molecule has 0 bridgehead atoms. The first-order valence-electron chi connectivity index (χ1n) is 4.60. The standard InChI is InChI=1S/C8H13N5O3/c1-5(7(14)15)11-8(16)9-3-6-12-10-4-13(6)2/h4-5H,3H2,1-2H3,(H,14,15)(H2,9,11,16)/t5-/m0/s1. The maximum Gasteiger partial charge on any atom is 0.325 e. The van der Waals surface area contributed by atoms with Crippen LogP contribution in [-0.4, -0.2) is 37.9 Å². The van der Waals surface area contributed by atoms with Crippen LogP contribution in [0.4, 0.5) is 4.79 Å². The van der Waals surface area contributed by atoms with Gasteiger partial charge in [0, 0.05) is 7.05 Å². The number of carbonyl (C=O) groups excluding carboxylic acids is 1. The zero-order chi connectivity index (χ0) is 12.1. The normalized spacial score (nSPS) is 11.9. The lowest BCUT2D eigenvalue weighted by atomic mass is 10.3. The largest absolute Gasteiger partial charge is 0.480 e. The molecule has 0 aromatic carbocycles. The quantitative estimate of drug-likeness (QED) is 0.616. The highest BCUT2D eigenvalue weighted by Gasteiger charge is 2.13. The van der Waals surface area contributed by atoms with Crippen LogP contribution in [0.15, 0.2) is 6.33 Å². The van der Waals surface area contributed by atoms with E-state index in [4.69, 9.17) is 5.11 Å². The lowest BCUT2D eigenvalue weighted by molar-refractivity contribution is -0.138. The van der Waals surface area contributed by atoms with Gasteiger partial charge in [-0.25, -0.2) is 4.79 Å². The van der Waals surface area contributed by atoms with Gasteiger partial charge in [-0.2, -0.15) is 0 Å². The van der Waals surface area contributed by atoms with E-state index in [9.17, 15) is 9.59 Å². The van der Waals surface area contributed by atoms with Crippen LogP contribution < -0.4 is 10.6 Å². The molecule has 0 saturated carbocycles. The molecule has 0 aliphatic carbocycles. The summed E-state index contributed by atoms with van der Waals surface area (Å²) in [4.78, 5) is 21.7. The molecule has 1 aromatic rings. The number of aromatic nitrogens is 3. The maximum atomic E-state index is 11.2. The van der Waals surface area contributed by atoms with Crippen LogP contribution in [0.3, 0.4) is 0 Å². The monoisotopic (exact) mass is 227 g/mol. The highest BCUT2D eigenvalue weighted by atomic mass is 16.4. The van der Waals surface area contributed by atoms with E-state index in [1.54, 1.807) is 11.6 Å². The van der Waals surface area contributed by atoms with Crippen LogP contribution >= 0.6 is 0 Å². The second-order valence-electron chi connectivity index (χ2n) is 3.25. The van der Waals surface area contributed by atoms with E-state index >= 15 is 0 Å². The molecule has 1 atom stereocenters. The van der Waals surface area contributed by atoms with E-state index in [1.807, 2.05) is 0 Å². The molecule has 2 amide bonds. The minimum Gasteiger partial charge on any atom is -0.480 e. The Kier molecular flexibility index (Phi) is 3.81. The number of aryl methyl sites for hydroxylation is 1. The SMILES string of the molecule is C[C@H](NC(=O)NCc1nncn1C)C(=O)O. The molecule has 1 heterocycles. The van der Waals surface area contributed by atoms with Crippen molar-refractivity contribution in [3.8, 4) is 0 Å². The predicted octanol–water partition coefficient (Wildman–Crippen LogP) is -0.913. The summed E-state index contributed by atoms with van der Waals surface area (Å²) in [6.07, 6.45) is 1.51. The van der Waals surface area contributed by atoms with Gasteiger partial charge in [0.2, 0.25) is 0 Å². The van der Waals surface area contributed by atoms with Gasteiger partial charge in [0.1, 0.15) is 12.4 Å². The van der Waals surface area contributed by atoms with Crippen molar-refractivity contribution < 1.29 is 14.7 Å². The number of hydrogen-bond donors (Lipinski definition) is 3. The number of amides is 2. The third-order valence-corrected chi connectivity index (χ3v) is 1.93. The Morgan fingerprint density at radius 1 is 1.62 bits per heavy atom. The molecule has 88 valence electrons. The summed E-state index contributed by atoms with van der Waals surface area (Å²) in [6.45, 7) is 1.57. The van der Waals surface area contributed by atoms with Crippen LogP contribution in [-0.2, 0) is 18.4 Å². The molecular weight excluding hydrogens is 214 g/mol. The van der Waals surface area contributed by atoms with Gasteiger partial charge in [-0.05, 0) is 6.92 Å². The van der Waals surface area contributed by atoms with Crippen molar-refractivity contribution in [1.82, 2.24) is 25.4 Å². The van der Waals surface area contributed by atoms with Gasteiger partial charge in [-0.1, -0.05) is 0 Å². The van der Waals surface area contributed by atoms with Gasteiger partial charge >= 0.3 is 12.0 Å². The van der Waals surface area contributed by atoms with Gasteiger partial charge in [0.25, 0.3) is 0 Å². The number of hydrogen-bond acceptors (Lipinski definition) is 4. The van der Waals surface area contributed by atoms with Crippen molar-refractivity contribution in [3.05, 3.63) is 12.2 Å². The summed E-state index contributed by atoms with van der Waals surface area (Å²) in [6, 6.07) is -1.49. The fourth-order valence-electron chi connectivity index (χ4n) is 0.936. The average molecular weight is 227 g/mol. The van der Waals surface area contributed by atoms with E-state index in [-0.39, 0.29) is 6.54 Å². The Labute approximate surface area is 91.7 Å². The number of carbonyl (C=O) groups is 2. The molecule has 0 spiro atoms. The van der Waals surface area contributed by atoms with Crippen LogP contribution in [0.2, 0.25) is 0 Å². The second-order valence-corrected chi connectivity index (χ2v) is 3.25. The Morgan fingerprint density at radius 2 is 2.31 bits per heavy atom. The lowest BCUT2D eigenvalue weighted by Crippen LogP contribution is -2.44. The zero-order valence-electron chi connectivity index (χ0n) is 8.97. The molecule has 8 nitrogen and oxygen atoms in total. The summed E-state index contributed by atoms with van der Waals surface area (Å²) in [7, 11) is 1.74. The van der Waals surface area contributed by atoms with Crippen molar-refractivity contribution in [1.29, 1.82) is 0 Å². The van der Waals surface area contributed by atoms with Gasteiger partial charge < -0.3 is 20.3 Å². The molecule has 1 aromatic heterocycles. The number of aliphatic carboxylic acids is 1. The summed E-state index contributed by atoms with van der Waals surface area (Å²) < 4.78 is 1.65. The molecule has 8 heteroatoms. The van der Waals surface area contributed by atoms with Crippen LogP contribution in [0.5, 0.6) is 0 Å². The third-order valence-electron chi connectivity index (χ3n) is 1.93. The van der Waals surface area contributed by atoms with Crippen molar-refractivity contribution in [2.75, 3.05) is 0 Å². The van der Waals surface area contributed by atoms with Crippen LogP contribution in [0, 0.1) is 0 Å². The number of carboxylic acid groups (broad SMARTS) is 1. The Hall–Kier alpha value is -2.12. The lowest BCUT2D eigenvalue weighted by Gasteiger charge is -2.10. The molecule has 16 heavy (non-hydrogen) atoms. The zero-order valence-corrected chi connectivity index (χ0v) is 8.97. The first-order chi connectivity index (χ1) is 7.50. The summed E-state index contributed by atoms with van der Waals surface area (Å²) in [5, 5.41) is 20.7. The molecular formula is C8H13N5O3. The van der Waals surface area contributed by atoms with Crippen molar-refractivity contribution in [2.45, 2.75) is 19.5 Å². The molecule has 0 saturated heterocycles. The molecule has 0 aliphatic heterocycles. The van der Waals surface area contributed by atoms with Crippen molar-refractivity contribution in [3.63, 3.8) is 0 Å². The van der Waals surface area contributed by atoms with Crippen LogP contribution in [0.25, 0.3) is 0 Å². The smallest absolute Gasteiger partial charge is 0.325 e. The maximum absolute atomic E-state index is 11.2. The molecule has 3 N–H and O–H groups in total. The van der Waals surface area contributed by atoms with E-state index in [2.05, 4.69) is 20.8 Å².